The van der Waals surface area contributed by atoms with Crippen molar-refractivity contribution in [3.63, 3.8) is 0 Å². The molecule has 0 heterocycles. The van der Waals surface area contributed by atoms with Gasteiger partial charge >= 0.3 is 11.9 Å². The van der Waals surface area contributed by atoms with Gasteiger partial charge in [-0.25, -0.2) is 0 Å². The van der Waals surface area contributed by atoms with Gasteiger partial charge in [0.2, 0.25) is 0 Å². The Morgan fingerprint density at radius 1 is 0.371 bits per heavy atom. The minimum Gasteiger partial charge on any atom is -0.462 e. The van der Waals surface area contributed by atoms with Crippen LogP contribution in [0.4, 0.5) is 0 Å². The quantitative estimate of drug-likeness (QED) is 0.0346. The molecule has 0 aliphatic carbocycles. The van der Waals surface area contributed by atoms with Crippen LogP contribution in [0.25, 0.3) is 0 Å². The lowest BCUT2D eigenvalue weighted by atomic mass is 10.0. The van der Waals surface area contributed by atoms with Crippen molar-refractivity contribution in [2.75, 3.05) is 19.8 Å². The first-order valence-electron chi connectivity index (χ1n) is 26.8. The van der Waals surface area contributed by atoms with Gasteiger partial charge in [-0.3, -0.25) is 9.59 Å². The Hall–Kier alpha value is -2.40. The summed E-state index contributed by atoms with van der Waals surface area (Å²) < 4.78 is 17.4. The standard InChI is InChI=1S/C57H102O5/c1-4-7-10-13-16-19-22-24-26-27-28-29-30-32-34-37-40-43-46-49-52-60-53-55(62-57(59)51-48-45-42-39-35-21-18-15-12-9-6-3)54-61-56(58)50-47-44-41-38-36-33-31-25-23-20-17-14-11-8-5-2/h8,11,15,17-18,20,25,31,36,38,55H,4-7,9-10,12-14,16,19,21-24,26-30,32-35,37,39-54H2,1-3H3/b11-8-,18-15-,20-17-,31-25-,38-36-. The summed E-state index contributed by atoms with van der Waals surface area (Å²) >= 11 is 0. The number of rotatable bonds is 49. The summed E-state index contributed by atoms with van der Waals surface area (Å²) in [7, 11) is 0. The summed E-state index contributed by atoms with van der Waals surface area (Å²) in [5, 5.41) is 0. The fourth-order valence-electron chi connectivity index (χ4n) is 7.54. The molecule has 0 aromatic carbocycles. The molecule has 0 spiro atoms. The molecule has 0 N–H and O–H groups in total. The van der Waals surface area contributed by atoms with E-state index in [0.29, 0.717) is 19.4 Å². The van der Waals surface area contributed by atoms with Gasteiger partial charge in [-0.1, -0.05) is 236 Å². The molecule has 0 aromatic rings. The summed E-state index contributed by atoms with van der Waals surface area (Å²) in [5.74, 6) is -0.448. The molecule has 0 aliphatic rings. The van der Waals surface area contributed by atoms with E-state index in [-0.39, 0.29) is 25.2 Å². The zero-order valence-electron chi connectivity index (χ0n) is 41.4. The molecule has 0 bridgehead atoms. The second-order valence-electron chi connectivity index (χ2n) is 17.8. The van der Waals surface area contributed by atoms with E-state index in [1.807, 2.05) is 0 Å². The summed E-state index contributed by atoms with van der Waals surface area (Å²) in [4.78, 5) is 25.3. The van der Waals surface area contributed by atoms with Crippen molar-refractivity contribution in [1.29, 1.82) is 0 Å². The van der Waals surface area contributed by atoms with E-state index in [0.717, 1.165) is 83.5 Å². The van der Waals surface area contributed by atoms with Crippen LogP contribution in [-0.2, 0) is 23.8 Å². The van der Waals surface area contributed by atoms with Gasteiger partial charge in [-0.05, 0) is 77.0 Å². The monoisotopic (exact) mass is 867 g/mol. The lowest BCUT2D eigenvalue weighted by molar-refractivity contribution is -0.163. The molecule has 5 nitrogen and oxygen atoms in total. The average Bonchev–Trinajstić information content (AvgIpc) is 3.27. The molecule has 0 fully saturated rings. The minimum absolute atomic E-state index is 0.0620. The van der Waals surface area contributed by atoms with Crippen molar-refractivity contribution in [2.45, 2.75) is 271 Å². The SMILES string of the molecule is CC/C=C\C/C=C\C/C=C\C/C=C\CCCCC(=O)OCC(COCCCCCCCCCCCCCCCCCCCCCC)OC(=O)CCCCCCC/C=C\CCCC. The Morgan fingerprint density at radius 3 is 1.26 bits per heavy atom. The number of esters is 2. The summed E-state index contributed by atoms with van der Waals surface area (Å²) in [5.41, 5.74) is 0. The van der Waals surface area contributed by atoms with Crippen LogP contribution in [0.2, 0.25) is 0 Å². The second kappa shape index (κ2) is 52.9. The Kier molecular flexibility index (Phi) is 50.9. The van der Waals surface area contributed by atoms with E-state index in [1.165, 1.54) is 148 Å². The highest BCUT2D eigenvalue weighted by Crippen LogP contribution is 2.16. The fraction of sp³-hybridized carbons (Fsp3) is 0.789. The zero-order valence-corrected chi connectivity index (χ0v) is 41.4. The highest BCUT2D eigenvalue weighted by Gasteiger charge is 2.17. The van der Waals surface area contributed by atoms with Gasteiger partial charge < -0.3 is 14.2 Å². The number of hydrogen-bond donors (Lipinski definition) is 0. The molecule has 1 unspecified atom stereocenters. The molecule has 0 aliphatic heterocycles. The number of carbonyl (C=O) groups excluding carboxylic acids is 2. The van der Waals surface area contributed by atoms with Gasteiger partial charge in [0.1, 0.15) is 6.61 Å². The molecule has 5 heteroatoms. The van der Waals surface area contributed by atoms with E-state index in [9.17, 15) is 9.59 Å². The van der Waals surface area contributed by atoms with Crippen LogP contribution in [0.15, 0.2) is 60.8 Å². The Bertz CT molecular complexity index is 1070. The van der Waals surface area contributed by atoms with E-state index in [2.05, 4.69) is 81.5 Å². The van der Waals surface area contributed by atoms with Crippen molar-refractivity contribution in [3.8, 4) is 0 Å². The van der Waals surface area contributed by atoms with Crippen molar-refractivity contribution in [2.24, 2.45) is 0 Å². The summed E-state index contributed by atoms with van der Waals surface area (Å²) in [6.45, 7) is 7.66. The molecule has 0 amide bonds. The van der Waals surface area contributed by atoms with Gasteiger partial charge in [0.25, 0.3) is 0 Å². The topological polar surface area (TPSA) is 61.8 Å². The second-order valence-corrected chi connectivity index (χ2v) is 17.8. The molecule has 62 heavy (non-hydrogen) atoms. The third-order valence-corrected chi connectivity index (χ3v) is 11.5. The maximum absolute atomic E-state index is 12.8. The molecule has 0 aromatic heterocycles. The predicted molar refractivity (Wildman–Crippen MR) is 270 cm³/mol. The highest BCUT2D eigenvalue weighted by molar-refractivity contribution is 5.70. The number of carbonyl (C=O) groups is 2. The van der Waals surface area contributed by atoms with E-state index in [4.69, 9.17) is 14.2 Å². The van der Waals surface area contributed by atoms with Crippen LogP contribution in [0, 0.1) is 0 Å². The van der Waals surface area contributed by atoms with E-state index in [1.54, 1.807) is 0 Å². The van der Waals surface area contributed by atoms with Gasteiger partial charge in [-0.2, -0.15) is 0 Å². The molecular formula is C57H102O5. The zero-order chi connectivity index (χ0) is 44.9. The number of hydrogen-bond acceptors (Lipinski definition) is 5. The normalized spacial score (nSPS) is 12.6. The van der Waals surface area contributed by atoms with Crippen molar-refractivity contribution >= 4 is 11.9 Å². The summed E-state index contributed by atoms with van der Waals surface area (Å²) in [6, 6.07) is 0. The molecule has 1 atom stereocenters. The first kappa shape index (κ1) is 59.6. The molecule has 0 saturated heterocycles. The Labute approximate surface area is 385 Å². The van der Waals surface area contributed by atoms with Crippen molar-refractivity contribution in [3.05, 3.63) is 60.8 Å². The smallest absolute Gasteiger partial charge is 0.306 e. The lowest BCUT2D eigenvalue weighted by Crippen LogP contribution is -2.30. The minimum atomic E-state index is -0.555. The Balaban J connectivity index is 4.23. The number of ether oxygens (including phenoxy) is 3. The average molecular weight is 867 g/mol. The van der Waals surface area contributed by atoms with Crippen LogP contribution >= 0.6 is 0 Å². The van der Waals surface area contributed by atoms with E-state index < -0.39 is 6.10 Å². The third kappa shape index (κ3) is 50.2. The largest absolute Gasteiger partial charge is 0.462 e. The highest BCUT2D eigenvalue weighted by atomic mass is 16.6. The van der Waals surface area contributed by atoms with Crippen LogP contribution in [0.3, 0.4) is 0 Å². The molecule has 0 rings (SSSR count). The van der Waals surface area contributed by atoms with Crippen LogP contribution in [-0.4, -0.2) is 37.9 Å². The van der Waals surface area contributed by atoms with Crippen LogP contribution in [0.5, 0.6) is 0 Å². The number of allylic oxidation sites excluding steroid dienone is 10. The molecular weight excluding hydrogens is 765 g/mol. The van der Waals surface area contributed by atoms with Gasteiger partial charge in [0, 0.05) is 19.4 Å². The molecule has 0 radical (unpaired) electrons. The van der Waals surface area contributed by atoms with Crippen LogP contribution in [0.1, 0.15) is 265 Å². The summed E-state index contributed by atoms with van der Waals surface area (Å²) in [6.07, 6.45) is 66.7. The number of unbranched alkanes of at least 4 members (excludes halogenated alkanes) is 28. The van der Waals surface area contributed by atoms with Gasteiger partial charge in [0.05, 0.1) is 6.61 Å². The fourth-order valence-corrected chi connectivity index (χ4v) is 7.54. The Morgan fingerprint density at radius 2 is 0.742 bits per heavy atom. The van der Waals surface area contributed by atoms with Crippen molar-refractivity contribution in [1.82, 2.24) is 0 Å². The molecule has 0 saturated carbocycles. The first-order valence-corrected chi connectivity index (χ1v) is 26.8. The maximum atomic E-state index is 12.8. The maximum Gasteiger partial charge on any atom is 0.306 e. The lowest BCUT2D eigenvalue weighted by Gasteiger charge is -2.18. The van der Waals surface area contributed by atoms with Crippen molar-refractivity contribution < 1.29 is 23.8 Å². The first-order chi connectivity index (χ1) is 30.6. The predicted octanol–water partition coefficient (Wildman–Crippen LogP) is 18.1. The van der Waals surface area contributed by atoms with Gasteiger partial charge in [-0.15, -0.1) is 0 Å². The van der Waals surface area contributed by atoms with Crippen LogP contribution < -0.4 is 0 Å². The van der Waals surface area contributed by atoms with E-state index >= 15 is 0 Å². The molecule has 360 valence electrons. The third-order valence-electron chi connectivity index (χ3n) is 11.5. The van der Waals surface area contributed by atoms with Gasteiger partial charge in [0.15, 0.2) is 6.10 Å².